The van der Waals surface area contributed by atoms with E-state index in [4.69, 9.17) is 9.63 Å². The van der Waals surface area contributed by atoms with Crippen LogP contribution in [0.2, 0.25) is 0 Å². The molecule has 2 heterocycles. The fourth-order valence-corrected chi connectivity index (χ4v) is 5.43. The first-order valence-corrected chi connectivity index (χ1v) is 15.5. The fourth-order valence-electron chi connectivity index (χ4n) is 4.20. The van der Waals surface area contributed by atoms with Crippen LogP contribution in [-0.2, 0) is 25.1 Å². The Kier molecular flexibility index (Phi) is 12.2. The number of piperazine rings is 1. The Hall–Kier alpha value is -3.38. The Balaban J connectivity index is 1.85. The molecule has 1 fully saturated rings. The van der Waals surface area contributed by atoms with Gasteiger partial charge in [0.05, 0.1) is 25.9 Å². The monoisotopic (exact) mass is 591 g/mol. The number of hydroxylamine groups is 2. The number of nitrogens with one attached hydrogen (secondary N) is 1. The minimum atomic E-state index is -4.25. The molecule has 1 aromatic carbocycles. The molecule has 224 valence electrons. The van der Waals surface area contributed by atoms with Crippen molar-refractivity contribution >= 4 is 25.6 Å². The molecule has 0 radical (unpaired) electrons. The summed E-state index contributed by atoms with van der Waals surface area (Å²) in [5.41, 5.74) is 1.42. The summed E-state index contributed by atoms with van der Waals surface area (Å²) in [6.45, 7) is 4.40. The van der Waals surface area contributed by atoms with Gasteiger partial charge in [-0.1, -0.05) is 57.0 Å². The lowest BCUT2D eigenvalue weighted by molar-refractivity contribution is -0.154. The molecule has 1 aliphatic heterocycles. The van der Waals surface area contributed by atoms with Crippen LogP contribution in [0.15, 0.2) is 36.4 Å². The first-order valence-electron chi connectivity index (χ1n) is 13.8. The van der Waals surface area contributed by atoms with Gasteiger partial charge < -0.3 is 29.6 Å². The molecule has 1 saturated heterocycles. The number of carbonyl (C=O) groups excluding carboxylic acids is 2. The predicted molar refractivity (Wildman–Crippen MR) is 150 cm³/mol. The highest BCUT2D eigenvalue weighted by Gasteiger charge is 2.36. The number of amides is 2. The van der Waals surface area contributed by atoms with Crippen molar-refractivity contribution in [1.29, 1.82) is 0 Å². The summed E-state index contributed by atoms with van der Waals surface area (Å²) in [4.78, 5) is 63.4. The Morgan fingerprint density at radius 1 is 1.05 bits per heavy atom. The van der Waals surface area contributed by atoms with E-state index >= 15 is 0 Å². The van der Waals surface area contributed by atoms with Crippen molar-refractivity contribution in [3.8, 4) is 11.4 Å². The van der Waals surface area contributed by atoms with Gasteiger partial charge in [0.2, 0.25) is 5.91 Å². The maximum Gasteiger partial charge on any atom is 0.525 e. The lowest BCUT2D eigenvalue weighted by Gasteiger charge is -2.35. The Bertz CT molecular complexity index is 1220. The van der Waals surface area contributed by atoms with E-state index in [9.17, 15) is 23.8 Å². The van der Waals surface area contributed by atoms with Crippen molar-refractivity contribution in [3.63, 3.8) is 0 Å². The van der Waals surface area contributed by atoms with Crippen molar-refractivity contribution in [2.24, 2.45) is 0 Å². The maximum atomic E-state index is 13.5. The summed E-state index contributed by atoms with van der Waals surface area (Å²) < 4.78 is 18.1. The predicted octanol–water partition coefficient (Wildman–Crippen LogP) is 3.34. The highest BCUT2D eigenvalue weighted by atomic mass is 31.2. The average Bonchev–Trinajstić information content (AvgIpc) is 2.95. The molecule has 13 nitrogen and oxygen atoms in total. The molecule has 1 unspecified atom stereocenters. The largest absolute Gasteiger partial charge is 0.525 e. The highest BCUT2D eigenvalue weighted by molar-refractivity contribution is 7.52. The molecule has 2 aromatic rings. The van der Waals surface area contributed by atoms with Crippen LogP contribution in [0.4, 0.5) is 4.79 Å². The van der Waals surface area contributed by atoms with Gasteiger partial charge in [0.15, 0.2) is 5.82 Å². The third kappa shape index (κ3) is 10.2. The fraction of sp³-hybridized carbons (Fsp3) is 0.519. The van der Waals surface area contributed by atoms with E-state index in [-0.39, 0.29) is 38.5 Å². The molecular weight excluding hydrogens is 553 g/mol. The second kappa shape index (κ2) is 15.6. The molecule has 2 atom stereocenters. The lowest BCUT2D eigenvalue weighted by Crippen LogP contribution is -2.56. The summed E-state index contributed by atoms with van der Waals surface area (Å²) >= 11 is 0. The van der Waals surface area contributed by atoms with Gasteiger partial charge in [-0.2, -0.15) is 0 Å². The second-order valence-corrected chi connectivity index (χ2v) is 11.6. The Labute approximate surface area is 239 Å². The molecule has 14 heteroatoms. The zero-order valence-electron chi connectivity index (χ0n) is 23.4. The third-order valence-electron chi connectivity index (χ3n) is 6.40. The summed E-state index contributed by atoms with van der Waals surface area (Å²) in [6, 6.07) is 9.37. The first-order chi connectivity index (χ1) is 19.6. The lowest BCUT2D eigenvalue weighted by atomic mass is 10.1. The molecule has 2 amide bonds. The standard InChI is InChI=1S/C27H38N5O8P/c1-3-5-12-21-18-22(29-24(28-21)20-10-8-7-9-11-20)25(33)30-23(19-41(37,38)39-17-6-4-2)26(34)31-13-15-32(16-14-31)40-27(35)36/h7-11,18,23H,3-6,12-17,19H2,1-2H3,(H,30,33)(H,35,36)(H,37,38)/t23-/m0/s1. The SMILES string of the molecule is CCCCOP(=O)(O)C[C@H](NC(=O)c1cc(CCCC)nc(-c2ccccc2)n1)C(=O)N1CCN(OC(=O)O)CC1. The van der Waals surface area contributed by atoms with Gasteiger partial charge in [0.25, 0.3) is 5.91 Å². The molecule has 3 N–H and O–H groups in total. The van der Waals surface area contributed by atoms with Crippen molar-refractivity contribution in [2.45, 2.75) is 52.0 Å². The number of nitrogens with zero attached hydrogens (tertiary/aromatic N) is 4. The summed E-state index contributed by atoms with van der Waals surface area (Å²) in [6.07, 6.45) is 1.63. The summed E-state index contributed by atoms with van der Waals surface area (Å²) in [5.74, 6) is -0.926. The van der Waals surface area contributed by atoms with Crippen molar-refractivity contribution in [1.82, 2.24) is 25.2 Å². The normalized spacial score (nSPS) is 16.0. The Morgan fingerprint density at radius 3 is 2.37 bits per heavy atom. The zero-order valence-corrected chi connectivity index (χ0v) is 24.3. The number of carbonyl (C=O) groups is 3. The van der Waals surface area contributed by atoms with Crippen molar-refractivity contribution < 1.29 is 38.3 Å². The average molecular weight is 592 g/mol. The van der Waals surface area contributed by atoms with Crippen LogP contribution in [-0.4, -0.2) is 92.9 Å². The molecule has 0 bridgehead atoms. The first kappa shape index (κ1) is 32.1. The van der Waals surface area contributed by atoms with Crippen LogP contribution in [0.5, 0.6) is 0 Å². The number of rotatable bonds is 14. The zero-order chi connectivity index (χ0) is 29.8. The number of benzene rings is 1. The minimum absolute atomic E-state index is 0.0297. The van der Waals surface area contributed by atoms with Crippen molar-refractivity contribution in [2.75, 3.05) is 38.9 Å². The molecule has 1 aromatic heterocycles. The van der Waals surface area contributed by atoms with E-state index in [1.807, 2.05) is 44.2 Å². The van der Waals surface area contributed by atoms with E-state index in [1.54, 1.807) is 6.07 Å². The van der Waals surface area contributed by atoms with Gasteiger partial charge in [-0.25, -0.2) is 14.8 Å². The van der Waals surface area contributed by atoms with Gasteiger partial charge in [-0.3, -0.25) is 14.2 Å². The van der Waals surface area contributed by atoms with Crippen molar-refractivity contribution in [3.05, 3.63) is 47.8 Å². The Morgan fingerprint density at radius 2 is 1.73 bits per heavy atom. The van der Waals surface area contributed by atoms with Crippen LogP contribution in [0, 0.1) is 0 Å². The van der Waals surface area contributed by atoms with Gasteiger partial charge in [0.1, 0.15) is 11.7 Å². The number of carboxylic acid groups (broad SMARTS) is 1. The number of unbranched alkanes of at least 4 members (excludes halogenated alkanes) is 2. The van der Waals surface area contributed by atoms with E-state index < -0.39 is 37.8 Å². The van der Waals surface area contributed by atoms with E-state index in [2.05, 4.69) is 20.1 Å². The number of aryl methyl sites for hydroxylation is 1. The van der Waals surface area contributed by atoms with Gasteiger partial charge >= 0.3 is 13.8 Å². The number of hydrogen-bond donors (Lipinski definition) is 3. The molecule has 0 aliphatic carbocycles. The molecule has 3 rings (SSSR count). The van der Waals surface area contributed by atoms with Crippen LogP contribution in [0.3, 0.4) is 0 Å². The second-order valence-electron chi connectivity index (χ2n) is 9.68. The number of aromatic nitrogens is 2. The van der Waals surface area contributed by atoms with E-state index in [1.165, 1.54) is 9.96 Å². The highest BCUT2D eigenvalue weighted by Crippen LogP contribution is 2.43. The molecular formula is C27H38N5O8P. The molecule has 1 aliphatic rings. The third-order valence-corrected chi connectivity index (χ3v) is 7.81. The summed E-state index contributed by atoms with van der Waals surface area (Å²) in [7, 11) is -4.25. The maximum absolute atomic E-state index is 13.5. The van der Waals surface area contributed by atoms with Crippen LogP contribution < -0.4 is 5.32 Å². The molecule has 0 saturated carbocycles. The summed E-state index contributed by atoms with van der Waals surface area (Å²) in [5, 5.41) is 12.7. The van der Waals surface area contributed by atoms with Crippen LogP contribution in [0.25, 0.3) is 11.4 Å². The molecule has 41 heavy (non-hydrogen) atoms. The van der Waals surface area contributed by atoms with Crippen LogP contribution >= 0.6 is 7.60 Å². The van der Waals surface area contributed by atoms with Crippen LogP contribution in [0.1, 0.15) is 55.7 Å². The molecule has 0 spiro atoms. The number of hydrogen-bond acceptors (Lipinski definition) is 9. The van der Waals surface area contributed by atoms with Gasteiger partial charge in [-0.15, -0.1) is 5.06 Å². The quantitative estimate of drug-likeness (QED) is 0.217. The minimum Gasteiger partial charge on any atom is -0.448 e. The van der Waals surface area contributed by atoms with E-state index in [0.717, 1.165) is 24.8 Å². The van der Waals surface area contributed by atoms with Gasteiger partial charge in [0, 0.05) is 24.3 Å². The van der Waals surface area contributed by atoms with E-state index in [0.29, 0.717) is 24.4 Å². The topological polar surface area (TPSA) is 171 Å². The van der Waals surface area contributed by atoms with Gasteiger partial charge in [-0.05, 0) is 25.3 Å². The smallest absolute Gasteiger partial charge is 0.448 e.